The highest BCUT2D eigenvalue weighted by atomic mass is 16.5. The maximum absolute atomic E-state index is 12.9. The maximum Gasteiger partial charge on any atom is 0.310 e. The van der Waals surface area contributed by atoms with Crippen LogP contribution in [0.4, 0.5) is 0 Å². The van der Waals surface area contributed by atoms with E-state index >= 15 is 0 Å². The molecule has 32 heavy (non-hydrogen) atoms. The zero-order chi connectivity index (χ0) is 22.8. The lowest BCUT2D eigenvalue weighted by atomic mass is 10.1. The van der Waals surface area contributed by atoms with Crippen LogP contribution in [0.25, 0.3) is 33.7 Å². The number of aryl methyl sites for hydroxylation is 2. The summed E-state index contributed by atoms with van der Waals surface area (Å²) in [5, 5.41) is 13.3. The van der Waals surface area contributed by atoms with E-state index in [1.165, 1.54) is 11.5 Å². The number of fused-ring (bicyclic) bond motifs is 1. The normalized spacial score (nSPS) is 11.1. The molecule has 4 aromatic rings. The number of nitrogens with zero attached hydrogens (tertiary/aromatic N) is 3. The highest BCUT2D eigenvalue weighted by Gasteiger charge is 2.19. The number of ether oxygens (including phenoxy) is 1. The number of carbonyl (C=O) groups is 1. The third kappa shape index (κ3) is 3.76. The van der Waals surface area contributed by atoms with Gasteiger partial charge in [-0.05, 0) is 43.7 Å². The third-order valence-corrected chi connectivity index (χ3v) is 5.00. The number of furan rings is 1. The number of amides is 1. The van der Waals surface area contributed by atoms with Crippen LogP contribution >= 0.6 is 0 Å². The SMILES string of the molecule is CCCc1nn(C)c2c(=O)[nH]c(-c3cc(-c4ccc(C(=O)NO)o4)ccc3OCC)nc12. The average molecular weight is 437 g/mol. The number of hydrogen-bond donors (Lipinski definition) is 3. The van der Waals surface area contributed by atoms with Crippen molar-refractivity contribution >= 4 is 16.9 Å². The summed E-state index contributed by atoms with van der Waals surface area (Å²) < 4.78 is 12.9. The number of rotatable bonds is 7. The molecule has 0 fully saturated rings. The Morgan fingerprint density at radius 2 is 2.09 bits per heavy atom. The van der Waals surface area contributed by atoms with Crippen molar-refractivity contribution in [1.29, 1.82) is 0 Å². The van der Waals surface area contributed by atoms with Crippen molar-refractivity contribution < 1.29 is 19.2 Å². The van der Waals surface area contributed by atoms with Crippen LogP contribution in [0.5, 0.6) is 5.75 Å². The fraction of sp³-hybridized carbons (Fsp3) is 0.273. The number of H-pyrrole nitrogens is 1. The van der Waals surface area contributed by atoms with Crippen LogP contribution < -0.4 is 15.8 Å². The summed E-state index contributed by atoms with van der Waals surface area (Å²) in [4.78, 5) is 32.0. The molecule has 3 N–H and O–H groups in total. The monoisotopic (exact) mass is 437 g/mol. The number of hydroxylamine groups is 1. The third-order valence-electron chi connectivity index (χ3n) is 5.00. The molecule has 0 unspecified atom stereocenters. The van der Waals surface area contributed by atoms with E-state index in [-0.39, 0.29) is 11.3 Å². The maximum atomic E-state index is 12.9. The van der Waals surface area contributed by atoms with Gasteiger partial charge in [-0.2, -0.15) is 5.10 Å². The van der Waals surface area contributed by atoms with E-state index in [1.807, 2.05) is 13.8 Å². The molecule has 0 radical (unpaired) electrons. The van der Waals surface area contributed by atoms with Gasteiger partial charge in [-0.15, -0.1) is 0 Å². The lowest BCUT2D eigenvalue weighted by molar-refractivity contribution is 0.0677. The van der Waals surface area contributed by atoms with E-state index in [1.54, 1.807) is 36.0 Å². The summed E-state index contributed by atoms with van der Waals surface area (Å²) in [5.74, 6) is 0.506. The lowest BCUT2D eigenvalue weighted by Crippen LogP contribution is -2.17. The van der Waals surface area contributed by atoms with E-state index in [0.717, 1.165) is 12.1 Å². The largest absolute Gasteiger partial charge is 0.493 e. The van der Waals surface area contributed by atoms with Crippen molar-refractivity contribution in [3.63, 3.8) is 0 Å². The van der Waals surface area contributed by atoms with Gasteiger partial charge in [0.25, 0.3) is 5.56 Å². The van der Waals surface area contributed by atoms with Gasteiger partial charge < -0.3 is 14.1 Å². The van der Waals surface area contributed by atoms with Crippen molar-refractivity contribution in [3.05, 3.63) is 52.1 Å². The van der Waals surface area contributed by atoms with Gasteiger partial charge in [0.15, 0.2) is 11.3 Å². The summed E-state index contributed by atoms with van der Waals surface area (Å²) in [7, 11) is 1.72. The quantitative estimate of drug-likeness (QED) is 0.299. The van der Waals surface area contributed by atoms with Gasteiger partial charge in [0.1, 0.15) is 22.9 Å². The van der Waals surface area contributed by atoms with Gasteiger partial charge in [-0.25, -0.2) is 10.5 Å². The second-order valence-electron chi connectivity index (χ2n) is 7.18. The minimum Gasteiger partial charge on any atom is -0.493 e. The highest BCUT2D eigenvalue weighted by Crippen LogP contribution is 2.34. The molecule has 1 amide bonds. The molecule has 3 aromatic heterocycles. The molecule has 3 heterocycles. The minimum absolute atomic E-state index is 0.0366. The Balaban J connectivity index is 1.88. The number of aromatic nitrogens is 4. The Kier molecular flexibility index (Phi) is 5.78. The Hall–Kier alpha value is -3.92. The van der Waals surface area contributed by atoms with Crippen LogP contribution in [0.15, 0.2) is 39.5 Å². The average Bonchev–Trinajstić information content (AvgIpc) is 3.39. The van der Waals surface area contributed by atoms with Crippen LogP contribution in [-0.2, 0) is 13.5 Å². The molecule has 0 bridgehead atoms. The van der Waals surface area contributed by atoms with Gasteiger partial charge in [0.05, 0.1) is 17.9 Å². The number of benzene rings is 1. The van der Waals surface area contributed by atoms with E-state index in [9.17, 15) is 9.59 Å². The lowest BCUT2D eigenvalue weighted by Gasteiger charge is -2.11. The fourth-order valence-electron chi connectivity index (χ4n) is 3.60. The molecule has 10 heteroatoms. The van der Waals surface area contributed by atoms with E-state index in [0.29, 0.717) is 52.5 Å². The highest BCUT2D eigenvalue weighted by molar-refractivity contribution is 5.91. The molecule has 10 nitrogen and oxygen atoms in total. The van der Waals surface area contributed by atoms with Gasteiger partial charge in [-0.3, -0.25) is 19.5 Å². The molecule has 1 aromatic carbocycles. The molecule has 0 atom stereocenters. The molecule has 0 aliphatic carbocycles. The first-order valence-corrected chi connectivity index (χ1v) is 10.2. The van der Waals surface area contributed by atoms with Crippen molar-refractivity contribution in [2.24, 2.45) is 7.05 Å². The van der Waals surface area contributed by atoms with Crippen molar-refractivity contribution in [3.8, 4) is 28.5 Å². The second kappa shape index (κ2) is 8.67. The molecule has 166 valence electrons. The van der Waals surface area contributed by atoms with Crippen molar-refractivity contribution in [2.75, 3.05) is 6.61 Å². The molecule has 4 rings (SSSR count). The number of hydrogen-bond acceptors (Lipinski definition) is 7. The fourth-order valence-corrected chi connectivity index (χ4v) is 3.60. The standard InChI is InChI=1S/C22H23N5O5/c1-4-6-14-18-19(27(3)25-14)22(29)24-20(23-18)13-11-12(7-8-16(13)31-5-2)15-9-10-17(32-15)21(28)26-30/h7-11,30H,4-6H2,1-3H3,(H,26,28)(H,23,24,29). The van der Waals surface area contributed by atoms with Gasteiger partial charge in [-0.1, -0.05) is 13.3 Å². The number of carbonyl (C=O) groups excluding carboxylic acids is 1. The van der Waals surface area contributed by atoms with Gasteiger partial charge in [0.2, 0.25) is 0 Å². The topological polar surface area (TPSA) is 135 Å². The zero-order valence-corrected chi connectivity index (χ0v) is 17.9. The van der Waals surface area contributed by atoms with Crippen molar-refractivity contribution in [2.45, 2.75) is 26.7 Å². The second-order valence-corrected chi connectivity index (χ2v) is 7.18. The molecule has 0 aliphatic rings. The van der Waals surface area contributed by atoms with Crippen molar-refractivity contribution in [1.82, 2.24) is 25.2 Å². The molecule has 0 spiro atoms. The first-order valence-electron chi connectivity index (χ1n) is 10.2. The Morgan fingerprint density at radius 3 is 2.81 bits per heavy atom. The summed E-state index contributed by atoms with van der Waals surface area (Å²) >= 11 is 0. The van der Waals surface area contributed by atoms with Gasteiger partial charge >= 0.3 is 5.91 Å². The van der Waals surface area contributed by atoms with Crippen LogP contribution in [0, 0.1) is 0 Å². The Bertz CT molecular complexity index is 1350. The van der Waals surface area contributed by atoms with Gasteiger partial charge in [0, 0.05) is 12.6 Å². The molecular weight excluding hydrogens is 414 g/mol. The van der Waals surface area contributed by atoms with E-state index < -0.39 is 5.91 Å². The molecular formula is C22H23N5O5. The Morgan fingerprint density at radius 1 is 1.28 bits per heavy atom. The minimum atomic E-state index is -0.751. The Labute approximate surface area is 182 Å². The summed E-state index contributed by atoms with van der Waals surface area (Å²) in [5.41, 5.74) is 4.19. The number of nitrogens with one attached hydrogen (secondary N) is 2. The predicted octanol–water partition coefficient (Wildman–Crippen LogP) is 3.05. The summed E-state index contributed by atoms with van der Waals surface area (Å²) in [6, 6.07) is 8.37. The first-order chi connectivity index (χ1) is 15.5. The molecule has 0 aliphatic heterocycles. The summed E-state index contributed by atoms with van der Waals surface area (Å²) in [6.07, 6.45) is 1.57. The zero-order valence-electron chi connectivity index (χ0n) is 17.9. The predicted molar refractivity (Wildman–Crippen MR) is 117 cm³/mol. The number of aromatic amines is 1. The van der Waals surface area contributed by atoms with E-state index in [4.69, 9.17) is 19.3 Å². The van der Waals surface area contributed by atoms with Crippen LogP contribution in [0.1, 0.15) is 36.5 Å². The molecule has 0 saturated heterocycles. The van der Waals surface area contributed by atoms with E-state index in [2.05, 4.69) is 10.1 Å². The smallest absolute Gasteiger partial charge is 0.310 e. The van der Waals surface area contributed by atoms with Crippen LogP contribution in [0.3, 0.4) is 0 Å². The van der Waals surface area contributed by atoms with Crippen LogP contribution in [-0.4, -0.2) is 37.5 Å². The summed E-state index contributed by atoms with van der Waals surface area (Å²) in [6.45, 7) is 4.33. The van der Waals surface area contributed by atoms with Crippen LogP contribution in [0.2, 0.25) is 0 Å². The molecule has 0 saturated carbocycles. The first kappa shape index (κ1) is 21.3.